The van der Waals surface area contributed by atoms with Crippen LogP contribution in [0.2, 0.25) is 0 Å². The minimum Gasteiger partial charge on any atom is -0.508 e. The second kappa shape index (κ2) is 5.97. The predicted molar refractivity (Wildman–Crippen MR) is 91.6 cm³/mol. The molecule has 2 rings (SSSR count). The predicted octanol–water partition coefficient (Wildman–Crippen LogP) is 3.46. The number of hydrogen-bond acceptors (Lipinski definition) is 4. The molecule has 5 heteroatoms. The second-order valence-electron chi connectivity index (χ2n) is 6.06. The molecule has 0 spiro atoms. The van der Waals surface area contributed by atoms with Crippen LogP contribution in [0.3, 0.4) is 0 Å². The number of hydrogen-bond donors (Lipinski definition) is 2. The fourth-order valence-electron chi connectivity index (χ4n) is 3.51. The molecule has 21 heavy (non-hydrogen) atoms. The van der Waals surface area contributed by atoms with Gasteiger partial charge in [0, 0.05) is 5.41 Å². The maximum Gasteiger partial charge on any atom is 0.239 e. The molecule has 1 fully saturated rings. The van der Waals surface area contributed by atoms with Crippen LogP contribution in [0.4, 0.5) is 0 Å². The molecular formula is C16H21NO2S2. The van der Waals surface area contributed by atoms with E-state index in [1.165, 1.54) is 11.8 Å². The first-order valence-electron chi connectivity index (χ1n) is 7.11. The zero-order valence-corrected chi connectivity index (χ0v) is 14.3. The van der Waals surface area contributed by atoms with Crippen LogP contribution in [0.15, 0.2) is 24.3 Å². The Labute approximate surface area is 135 Å². The molecule has 1 unspecified atom stereocenters. The third-order valence-corrected chi connectivity index (χ3v) is 5.95. The number of benzene rings is 1. The zero-order chi connectivity index (χ0) is 15.8. The molecule has 3 nitrogen and oxygen atoms in total. The summed E-state index contributed by atoms with van der Waals surface area (Å²) in [5, 5.41) is 12.1. The third kappa shape index (κ3) is 2.69. The Morgan fingerprint density at radius 3 is 2.10 bits per heavy atom. The molecule has 2 N–H and O–H groups in total. The molecule has 1 amide bonds. The highest BCUT2D eigenvalue weighted by molar-refractivity contribution is 8.24. The molecule has 1 aromatic carbocycles. The lowest BCUT2D eigenvalue weighted by molar-refractivity contribution is -0.120. The van der Waals surface area contributed by atoms with Crippen LogP contribution in [-0.2, 0) is 10.2 Å². The van der Waals surface area contributed by atoms with E-state index in [2.05, 4.69) is 33.0 Å². The Balaban J connectivity index is 2.61. The molecule has 1 heterocycles. The van der Waals surface area contributed by atoms with E-state index in [4.69, 9.17) is 12.2 Å². The molecule has 0 aromatic heterocycles. The van der Waals surface area contributed by atoms with Crippen LogP contribution >= 0.6 is 24.0 Å². The summed E-state index contributed by atoms with van der Waals surface area (Å²) in [7, 11) is 0. The summed E-state index contributed by atoms with van der Waals surface area (Å²) in [5.41, 5.74) is 0.742. The molecule has 0 bridgehead atoms. The quantitative estimate of drug-likeness (QED) is 0.833. The van der Waals surface area contributed by atoms with Gasteiger partial charge in [-0.05, 0) is 29.5 Å². The van der Waals surface area contributed by atoms with Crippen molar-refractivity contribution in [3.05, 3.63) is 29.8 Å². The highest BCUT2D eigenvalue weighted by Gasteiger charge is 2.52. The van der Waals surface area contributed by atoms with E-state index < -0.39 is 0 Å². The number of nitrogens with one attached hydrogen (secondary N) is 1. The molecule has 0 radical (unpaired) electrons. The summed E-state index contributed by atoms with van der Waals surface area (Å²) in [4.78, 5) is 12.4. The minimum atomic E-state index is -0.330. The summed E-state index contributed by atoms with van der Waals surface area (Å²) in [6.07, 6.45) is 0. The van der Waals surface area contributed by atoms with E-state index in [-0.39, 0.29) is 34.2 Å². The van der Waals surface area contributed by atoms with Gasteiger partial charge in [0.05, 0.1) is 0 Å². The molecule has 1 aliphatic heterocycles. The van der Waals surface area contributed by atoms with Crippen molar-refractivity contribution in [3.8, 4) is 5.75 Å². The SMILES string of the molecule is CC(C)C(c1ccc(O)cc1)(C(C)C)C1SC(=S)NC1=O. The first kappa shape index (κ1) is 16.3. The monoisotopic (exact) mass is 323 g/mol. The molecule has 1 saturated heterocycles. The van der Waals surface area contributed by atoms with Crippen molar-refractivity contribution in [1.82, 2.24) is 5.32 Å². The Bertz CT molecular complexity index is 544. The average molecular weight is 323 g/mol. The third-order valence-electron chi connectivity index (χ3n) is 4.40. The normalized spacial score (nSPS) is 19.4. The van der Waals surface area contributed by atoms with Gasteiger partial charge in [-0.3, -0.25) is 4.79 Å². The van der Waals surface area contributed by atoms with Gasteiger partial charge in [-0.2, -0.15) is 0 Å². The summed E-state index contributed by atoms with van der Waals surface area (Å²) in [6, 6.07) is 7.21. The van der Waals surface area contributed by atoms with E-state index >= 15 is 0 Å². The first-order chi connectivity index (χ1) is 9.80. The maximum atomic E-state index is 12.4. The van der Waals surface area contributed by atoms with Crippen molar-refractivity contribution in [3.63, 3.8) is 0 Å². The number of rotatable bonds is 4. The highest BCUT2D eigenvalue weighted by Crippen LogP contribution is 2.49. The van der Waals surface area contributed by atoms with Crippen LogP contribution in [0.5, 0.6) is 5.75 Å². The minimum absolute atomic E-state index is 0.0134. The van der Waals surface area contributed by atoms with Crippen LogP contribution in [-0.4, -0.2) is 20.6 Å². The van der Waals surface area contributed by atoms with Crippen molar-refractivity contribution in [2.75, 3.05) is 0 Å². The van der Waals surface area contributed by atoms with Gasteiger partial charge < -0.3 is 10.4 Å². The number of phenols is 1. The molecular weight excluding hydrogens is 302 g/mol. The Morgan fingerprint density at radius 1 is 1.19 bits per heavy atom. The average Bonchev–Trinajstić information content (AvgIpc) is 2.71. The van der Waals surface area contributed by atoms with Crippen LogP contribution < -0.4 is 5.32 Å². The van der Waals surface area contributed by atoms with Crippen molar-refractivity contribution in [2.24, 2.45) is 11.8 Å². The van der Waals surface area contributed by atoms with Crippen LogP contribution in [0.1, 0.15) is 33.3 Å². The summed E-state index contributed by atoms with van der Waals surface area (Å²) < 4.78 is 0.550. The highest BCUT2D eigenvalue weighted by atomic mass is 32.2. The van der Waals surface area contributed by atoms with E-state index in [1.807, 2.05) is 12.1 Å². The second-order valence-corrected chi connectivity index (χ2v) is 7.85. The van der Waals surface area contributed by atoms with E-state index in [0.29, 0.717) is 4.32 Å². The first-order valence-corrected chi connectivity index (χ1v) is 8.40. The van der Waals surface area contributed by atoms with Gasteiger partial charge >= 0.3 is 0 Å². The lowest BCUT2D eigenvalue weighted by Gasteiger charge is -2.45. The number of carbonyl (C=O) groups excluding carboxylic acids is 1. The van der Waals surface area contributed by atoms with Gasteiger partial charge in [-0.25, -0.2) is 0 Å². The van der Waals surface area contributed by atoms with Gasteiger partial charge in [-0.1, -0.05) is 63.8 Å². The summed E-state index contributed by atoms with van der Waals surface area (Å²) in [5.74, 6) is 0.733. The van der Waals surface area contributed by atoms with Crippen molar-refractivity contribution in [2.45, 2.75) is 38.4 Å². The zero-order valence-electron chi connectivity index (χ0n) is 12.7. The maximum absolute atomic E-state index is 12.4. The van der Waals surface area contributed by atoms with Crippen LogP contribution in [0, 0.1) is 11.8 Å². The van der Waals surface area contributed by atoms with Crippen LogP contribution in [0.25, 0.3) is 0 Å². The molecule has 1 aliphatic rings. The smallest absolute Gasteiger partial charge is 0.239 e. The largest absolute Gasteiger partial charge is 0.508 e. The standard InChI is InChI=1S/C16H21NO2S2/c1-9(2)16(10(3)4,11-5-7-12(18)8-6-11)13-14(19)17-15(20)21-13/h5-10,13,18H,1-4H3,(H,17,19,20). The number of aromatic hydroxyl groups is 1. The number of carbonyl (C=O) groups is 1. The van der Waals surface area contributed by atoms with Crippen molar-refractivity contribution in [1.29, 1.82) is 0 Å². The Hall–Kier alpha value is -1.07. The fraction of sp³-hybridized carbons (Fsp3) is 0.500. The summed E-state index contributed by atoms with van der Waals surface area (Å²) >= 11 is 6.62. The number of phenolic OH excluding ortho intramolecular Hbond substituents is 1. The van der Waals surface area contributed by atoms with Gasteiger partial charge in [0.1, 0.15) is 15.3 Å². The Morgan fingerprint density at radius 2 is 1.71 bits per heavy atom. The molecule has 1 aromatic rings. The van der Waals surface area contributed by atoms with Gasteiger partial charge in [0.25, 0.3) is 0 Å². The Kier molecular flexibility index (Phi) is 4.63. The summed E-state index contributed by atoms with van der Waals surface area (Å²) in [6.45, 7) is 8.56. The molecule has 114 valence electrons. The molecule has 1 atom stereocenters. The van der Waals surface area contributed by atoms with E-state index in [9.17, 15) is 9.90 Å². The molecule has 0 saturated carbocycles. The topological polar surface area (TPSA) is 49.3 Å². The van der Waals surface area contributed by atoms with Gasteiger partial charge in [0.2, 0.25) is 5.91 Å². The molecule has 0 aliphatic carbocycles. The number of thiocarbonyl (C=S) groups is 1. The van der Waals surface area contributed by atoms with Crippen molar-refractivity contribution < 1.29 is 9.90 Å². The number of thioether (sulfide) groups is 1. The van der Waals surface area contributed by atoms with Crippen molar-refractivity contribution >= 4 is 34.2 Å². The van der Waals surface area contributed by atoms with Gasteiger partial charge in [0.15, 0.2) is 0 Å². The number of amides is 1. The van der Waals surface area contributed by atoms with Gasteiger partial charge in [-0.15, -0.1) is 0 Å². The lowest BCUT2D eigenvalue weighted by Crippen LogP contribution is -2.50. The van der Waals surface area contributed by atoms with E-state index in [1.54, 1.807) is 12.1 Å². The lowest BCUT2D eigenvalue weighted by atomic mass is 9.62. The fourth-order valence-corrected chi connectivity index (χ4v) is 5.32. The van der Waals surface area contributed by atoms with E-state index in [0.717, 1.165) is 5.56 Å².